The SMILES string of the molecule is CCC(C)NC(=O)c1c2c(cc3c1OCC3)OCC2. The summed E-state index contributed by atoms with van der Waals surface area (Å²) in [6.07, 6.45) is 2.56. The standard InChI is InChI=1S/C15H19NO3/c1-3-9(2)16-15(17)13-11-5-7-18-12(11)8-10-4-6-19-14(10)13/h8-9H,3-7H2,1-2H3,(H,16,17). The van der Waals surface area contributed by atoms with Crippen LogP contribution in [0.25, 0.3) is 0 Å². The number of carbonyl (C=O) groups excluding carboxylic acids is 1. The quantitative estimate of drug-likeness (QED) is 0.906. The van der Waals surface area contributed by atoms with Gasteiger partial charge in [0.15, 0.2) is 0 Å². The lowest BCUT2D eigenvalue weighted by Gasteiger charge is -2.16. The summed E-state index contributed by atoms with van der Waals surface area (Å²) < 4.78 is 11.3. The van der Waals surface area contributed by atoms with Crippen LogP contribution in [0, 0.1) is 0 Å². The van der Waals surface area contributed by atoms with Gasteiger partial charge in [-0.25, -0.2) is 0 Å². The van der Waals surface area contributed by atoms with Crippen LogP contribution in [0.3, 0.4) is 0 Å². The molecule has 0 radical (unpaired) electrons. The maximum Gasteiger partial charge on any atom is 0.255 e. The summed E-state index contributed by atoms with van der Waals surface area (Å²) in [4.78, 5) is 12.5. The minimum Gasteiger partial charge on any atom is -0.493 e. The summed E-state index contributed by atoms with van der Waals surface area (Å²) in [7, 11) is 0. The summed E-state index contributed by atoms with van der Waals surface area (Å²) in [5.74, 6) is 1.60. The van der Waals surface area contributed by atoms with E-state index < -0.39 is 0 Å². The molecule has 0 saturated carbocycles. The summed E-state index contributed by atoms with van der Waals surface area (Å²) in [6.45, 7) is 5.38. The van der Waals surface area contributed by atoms with Gasteiger partial charge in [0, 0.05) is 30.0 Å². The van der Waals surface area contributed by atoms with E-state index in [0.717, 1.165) is 41.9 Å². The molecule has 1 unspecified atom stereocenters. The zero-order chi connectivity index (χ0) is 13.4. The lowest BCUT2D eigenvalue weighted by molar-refractivity contribution is 0.0935. The van der Waals surface area contributed by atoms with Crippen LogP contribution in [0.15, 0.2) is 6.07 Å². The minimum absolute atomic E-state index is 0.0325. The Morgan fingerprint density at radius 1 is 1.37 bits per heavy atom. The van der Waals surface area contributed by atoms with Gasteiger partial charge in [-0.2, -0.15) is 0 Å². The second-order valence-electron chi connectivity index (χ2n) is 5.20. The molecule has 0 bridgehead atoms. The molecule has 0 fully saturated rings. The second kappa shape index (κ2) is 4.76. The number of rotatable bonds is 3. The minimum atomic E-state index is -0.0325. The topological polar surface area (TPSA) is 47.6 Å². The number of hydrogen-bond donors (Lipinski definition) is 1. The number of fused-ring (bicyclic) bond motifs is 2. The lowest BCUT2D eigenvalue weighted by atomic mass is 9.98. The van der Waals surface area contributed by atoms with Crippen LogP contribution in [0.4, 0.5) is 0 Å². The average Bonchev–Trinajstić information content (AvgIpc) is 3.02. The van der Waals surface area contributed by atoms with E-state index in [0.29, 0.717) is 18.8 Å². The molecule has 1 amide bonds. The van der Waals surface area contributed by atoms with Crippen molar-refractivity contribution in [3.8, 4) is 11.5 Å². The Balaban J connectivity index is 2.02. The van der Waals surface area contributed by atoms with Crippen LogP contribution in [-0.2, 0) is 12.8 Å². The predicted molar refractivity (Wildman–Crippen MR) is 72.1 cm³/mol. The van der Waals surface area contributed by atoms with Gasteiger partial charge in [-0.3, -0.25) is 4.79 Å². The summed E-state index contributed by atoms with van der Waals surface area (Å²) in [5, 5.41) is 3.03. The second-order valence-corrected chi connectivity index (χ2v) is 5.20. The van der Waals surface area contributed by atoms with Gasteiger partial charge in [0.2, 0.25) is 0 Å². The molecule has 1 atom stereocenters. The highest BCUT2D eigenvalue weighted by molar-refractivity contribution is 6.00. The maximum absolute atomic E-state index is 12.5. The Morgan fingerprint density at radius 3 is 2.95 bits per heavy atom. The molecular formula is C15H19NO3. The third-order valence-electron chi connectivity index (χ3n) is 3.87. The van der Waals surface area contributed by atoms with E-state index in [1.165, 1.54) is 0 Å². The van der Waals surface area contributed by atoms with Crippen LogP contribution in [-0.4, -0.2) is 25.2 Å². The monoisotopic (exact) mass is 261 g/mol. The fourth-order valence-electron chi connectivity index (χ4n) is 2.62. The molecule has 0 aromatic heterocycles. The highest BCUT2D eigenvalue weighted by Crippen LogP contribution is 2.40. The van der Waals surface area contributed by atoms with E-state index in [1.54, 1.807) is 0 Å². The number of carbonyl (C=O) groups is 1. The molecule has 1 aromatic carbocycles. The van der Waals surface area contributed by atoms with Gasteiger partial charge in [0.25, 0.3) is 5.91 Å². The third-order valence-corrected chi connectivity index (χ3v) is 3.87. The largest absolute Gasteiger partial charge is 0.493 e. The Kier molecular flexibility index (Phi) is 3.09. The van der Waals surface area contributed by atoms with Crippen molar-refractivity contribution >= 4 is 5.91 Å². The van der Waals surface area contributed by atoms with Gasteiger partial charge in [0.1, 0.15) is 11.5 Å². The molecule has 1 aromatic rings. The Bertz CT molecular complexity index is 492. The lowest BCUT2D eigenvalue weighted by Crippen LogP contribution is -2.32. The molecule has 3 rings (SSSR count). The molecule has 2 heterocycles. The van der Waals surface area contributed by atoms with Crippen molar-refractivity contribution in [2.24, 2.45) is 0 Å². The first-order valence-electron chi connectivity index (χ1n) is 6.96. The molecule has 0 spiro atoms. The van der Waals surface area contributed by atoms with Crippen LogP contribution < -0.4 is 14.8 Å². The van der Waals surface area contributed by atoms with Gasteiger partial charge in [0.05, 0.1) is 18.8 Å². The zero-order valence-corrected chi connectivity index (χ0v) is 11.4. The summed E-state index contributed by atoms with van der Waals surface area (Å²) in [5.41, 5.74) is 2.79. The van der Waals surface area contributed by atoms with Crippen molar-refractivity contribution < 1.29 is 14.3 Å². The zero-order valence-electron chi connectivity index (χ0n) is 11.4. The maximum atomic E-state index is 12.5. The van der Waals surface area contributed by atoms with Crippen molar-refractivity contribution in [3.63, 3.8) is 0 Å². The molecule has 0 aliphatic carbocycles. The molecule has 19 heavy (non-hydrogen) atoms. The van der Waals surface area contributed by atoms with E-state index in [4.69, 9.17) is 9.47 Å². The van der Waals surface area contributed by atoms with Crippen molar-refractivity contribution in [2.75, 3.05) is 13.2 Å². The Hall–Kier alpha value is -1.71. The molecule has 0 saturated heterocycles. The van der Waals surface area contributed by atoms with E-state index in [9.17, 15) is 4.79 Å². The third kappa shape index (κ3) is 2.05. The average molecular weight is 261 g/mol. The first-order chi connectivity index (χ1) is 9.20. The summed E-state index contributed by atoms with van der Waals surface area (Å²) in [6, 6.07) is 2.20. The van der Waals surface area contributed by atoms with Crippen molar-refractivity contribution in [1.29, 1.82) is 0 Å². The van der Waals surface area contributed by atoms with Crippen molar-refractivity contribution in [2.45, 2.75) is 39.2 Å². The van der Waals surface area contributed by atoms with Crippen LogP contribution in [0.1, 0.15) is 41.8 Å². The fraction of sp³-hybridized carbons (Fsp3) is 0.533. The normalized spacial score (nSPS) is 17.2. The molecule has 2 aliphatic heterocycles. The van der Waals surface area contributed by atoms with Gasteiger partial charge in [-0.05, 0) is 19.4 Å². The van der Waals surface area contributed by atoms with Gasteiger partial charge < -0.3 is 14.8 Å². The van der Waals surface area contributed by atoms with Gasteiger partial charge >= 0.3 is 0 Å². The number of hydrogen-bond acceptors (Lipinski definition) is 3. The van der Waals surface area contributed by atoms with Gasteiger partial charge in [-0.1, -0.05) is 6.92 Å². The molecule has 1 N–H and O–H groups in total. The van der Waals surface area contributed by atoms with Crippen molar-refractivity contribution in [1.82, 2.24) is 5.32 Å². The first-order valence-corrected chi connectivity index (χ1v) is 6.96. The number of amides is 1. The van der Waals surface area contributed by atoms with E-state index in [2.05, 4.69) is 12.2 Å². The highest BCUT2D eigenvalue weighted by Gasteiger charge is 2.30. The van der Waals surface area contributed by atoms with Crippen LogP contribution in [0.5, 0.6) is 11.5 Å². The predicted octanol–water partition coefficient (Wildman–Crippen LogP) is 2.08. The fourth-order valence-corrected chi connectivity index (χ4v) is 2.62. The number of nitrogens with one attached hydrogen (secondary N) is 1. The smallest absolute Gasteiger partial charge is 0.255 e. The first kappa shape index (κ1) is 12.3. The van der Waals surface area contributed by atoms with E-state index >= 15 is 0 Å². The molecule has 4 heteroatoms. The van der Waals surface area contributed by atoms with Crippen LogP contribution >= 0.6 is 0 Å². The molecular weight excluding hydrogens is 242 g/mol. The van der Waals surface area contributed by atoms with Gasteiger partial charge in [-0.15, -0.1) is 0 Å². The molecule has 4 nitrogen and oxygen atoms in total. The van der Waals surface area contributed by atoms with Crippen LogP contribution in [0.2, 0.25) is 0 Å². The highest BCUT2D eigenvalue weighted by atomic mass is 16.5. The Labute approximate surface area is 113 Å². The molecule has 2 aliphatic rings. The van der Waals surface area contributed by atoms with E-state index in [-0.39, 0.29) is 11.9 Å². The molecule has 102 valence electrons. The Morgan fingerprint density at radius 2 is 2.16 bits per heavy atom. The van der Waals surface area contributed by atoms with E-state index in [1.807, 2.05) is 13.0 Å². The summed E-state index contributed by atoms with van der Waals surface area (Å²) >= 11 is 0. The number of benzene rings is 1. The van der Waals surface area contributed by atoms with Crippen molar-refractivity contribution in [3.05, 3.63) is 22.8 Å². The number of ether oxygens (including phenoxy) is 2.